The van der Waals surface area contributed by atoms with Gasteiger partial charge in [-0.15, -0.1) is 0 Å². The van der Waals surface area contributed by atoms with Crippen LogP contribution in [0.4, 0.5) is 5.82 Å². The summed E-state index contributed by atoms with van der Waals surface area (Å²) in [5.41, 5.74) is 0. The van der Waals surface area contributed by atoms with Gasteiger partial charge in [-0.1, -0.05) is 11.8 Å². The average molecular weight is 283 g/mol. The van der Waals surface area contributed by atoms with Crippen LogP contribution in [0.25, 0.3) is 0 Å². The van der Waals surface area contributed by atoms with E-state index in [2.05, 4.69) is 29.1 Å². The third kappa shape index (κ3) is 3.98. The van der Waals surface area contributed by atoms with Gasteiger partial charge in [0, 0.05) is 26.0 Å². The molecule has 19 heavy (non-hydrogen) atoms. The van der Waals surface area contributed by atoms with Crippen molar-refractivity contribution in [1.29, 1.82) is 0 Å². The van der Waals surface area contributed by atoms with Crippen LogP contribution in [0.15, 0.2) is 11.2 Å². The summed E-state index contributed by atoms with van der Waals surface area (Å²) in [6.45, 7) is 4.16. The van der Waals surface area contributed by atoms with E-state index in [1.807, 2.05) is 19.4 Å². The first kappa shape index (κ1) is 14.4. The largest absolute Gasteiger partial charge is 0.474 e. The minimum absolute atomic E-state index is 0.160. The molecule has 0 saturated carbocycles. The lowest BCUT2D eigenvalue weighted by Crippen LogP contribution is -2.35. The fraction of sp³-hybridized carbons (Fsp3) is 0.692. The highest BCUT2D eigenvalue weighted by atomic mass is 32.2. The van der Waals surface area contributed by atoms with Crippen LogP contribution < -0.4 is 10.1 Å². The summed E-state index contributed by atoms with van der Waals surface area (Å²) in [5.74, 6) is 1.41. The van der Waals surface area contributed by atoms with Crippen molar-refractivity contribution in [1.82, 2.24) is 9.97 Å². The number of thioether (sulfide) groups is 1. The van der Waals surface area contributed by atoms with Crippen molar-refractivity contribution < 1.29 is 9.47 Å². The molecule has 1 N–H and O–H groups in total. The normalized spacial score (nSPS) is 27.1. The van der Waals surface area contributed by atoms with E-state index in [-0.39, 0.29) is 18.3 Å². The molecule has 0 bridgehead atoms. The van der Waals surface area contributed by atoms with E-state index in [0.29, 0.717) is 5.88 Å². The van der Waals surface area contributed by atoms with Crippen molar-refractivity contribution in [2.75, 3.05) is 18.6 Å². The predicted molar refractivity (Wildman–Crippen MR) is 77.0 cm³/mol. The van der Waals surface area contributed by atoms with Crippen LogP contribution in [0.5, 0.6) is 5.88 Å². The third-order valence-corrected chi connectivity index (χ3v) is 3.61. The van der Waals surface area contributed by atoms with Crippen molar-refractivity contribution >= 4 is 17.6 Å². The Kier molecular flexibility index (Phi) is 4.87. The van der Waals surface area contributed by atoms with Crippen LogP contribution in [0.2, 0.25) is 0 Å². The Balaban J connectivity index is 2.09. The average Bonchev–Trinajstić information content (AvgIpc) is 2.37. The van der Waals surface area contributed by atoms with Crippen molar-refractivity contribution in [3.8, 4) is 5.88 Å². The minimum atomic E-state index is 0.160. The second kappa shape index (κ2) is 6.43. The smallest absolute Gasteiger partial charge is 0.219 e. The summed E-state index contributed by atoms with van der Waals surface area (Å²) in [6, 6.07) is 1.84. The highest BCUT2D eigenvalue weighted by molar-refractivity contribution is 7.98. The number of rotatable bonds is 4. The zero-order valence-corrected chi connectivity index (χ0v) is 12.7. The molecule has 2 unspecified atom stereocenters. The molecular weight excluding hydrogens is 262 g/mol. The van der Waals surface area contributed by atoms with E-state index >= 15 is 0 Å². The van der Waals surface area contributed by atoms with Gasteiger partial charge < -0.3 is 14.8 Å². The number of nitrogens with zero attached hydrogens (tertiary/aromatic N) is 2. The van der Waals surface area contributed by atoms with Gasteiger partial charge in [0.15, 0.2) is 5.16 Å². The van der Waals surface area contributed by atoms with Gasteiger partial charge in [0.05, 0.1) is 12.2 Å². The summed E-state index contributed by atoms with van der Waals surface area (Å²) >= 11 is 1.51. The molecule has 1 aromatic rings. The fourth-order valence-corrected chi connectivity index (χ4v) is 2.67. The summed E-state index contributed by atoms with van der Waals surface area (Å²) in [5, 5.41) is 3.75. The zero-order valence-electron chi connectivity index (χ0n) is 11.8. The van der Waals surface area contributed by atoms with Gasteiger partial charge in [-0.05, 0) is 20.1 Å². The predicted octanol–water partition coefficient (Wildman–Crippen LogP) is 2.58. The standard InChI is InChI=1S/C13H21N3O2S/c1-8-5-10(6-9(2)17-8)18-12-7-11(14-3)15-13(16-12)19-4/h7-10H,5-6H2,1-4H3,(H,14,15,16). The second-order valence-corrected chi connectivity index (χ2v) is 5.57. The zero-order chi connectivity index (χ0) is 13.8. The minimum Gasteiger partial charge on any atom is -0.474 e. The Morgan fingerprint density at radius 2 is 2.00 bits per heavy atom. The molecule has 0 spiro atoms. The van der Waals surface area contributed by atoms with Crippen LogP contribution in [0.1, 0.15) is 26.7 Å². The van der Waals surface area contributed by atoms with Crippen molar-refractivity contribution in [2.45, 2.75) is 50.2 Å². The van der Waals surface area contributed by atoms with E-state index in [9.17, 15) is 0 Å². The van der Waals surface area contributed by atoms with E-state index < -0.39 is 0 Å². The van der Waals surface area contributed by atoms with Gasteiger partial charge in [0.25, 0.3) is 0 Å². The molecule has 1 aliphatic heterocycles. The molecule has 0 aliphatic carbocycles. The first-order valence-electron chi connectivity index (χ1n) is 6.53. The number of hydrogen-bond donors (Lipinski definition) is 1. The maximum Gasteiger partial charge on any atom is 0.219 e. The van der Waals surface area contributed by atoms with Crippen molar-refractivity contribution in [3.63, 3.8) is 0 Å². The summed E-state index contributed by atoms with van der Waals surface area (Å²) in [4.78, 5) is 8.72. The molecule has 2 atom stereocenters. The Morgan fingerprint density at radius 1 is 1.32 bits per heavy atom. The van der Waals surface area contributed by atoms with Crippen LogP contribution in [0, 0.1) is 0 Å². The maximum absolute atomic E-state index is 6.00. The third-order valence-electron chi connectivity index (χ3n) is 3.06. The first-order chi connectivity index (χ1) is 9.10. The summed E-state index contributed by atoms with van der Waals surface area (Å²) < 4.78 is 11.7. The summed E-state index contributed by atoms with van der Waals surface area (Å²) in [6.07, 6.45) is 4.39. The molecule has 1 aliphatic rings. The second-order valence-electron chi connectivity index (χ2n) is 4.80. The molecule has 106 valence electrons. The number of hydrogen-bond acceptors (Lipinski definition) is 6. The van der Waals surface area contributed by atoms with E-state index in [0.717, 1.165) is 23.8 Å². The van der Waals surface area contributed by atoms with E-state index in [1.165, 1.54) is 11.8 Å². The Bertz CT molecular complexity index is 398. The number of nitrogens with one attached hydrogen (secondary N) is 1. The van der Waals surface area contributed by atoms with Gasteiger partial charge in [-0.25, -0.2) is 4.98 Å². The number of ether oxygens (including phenoxy) is 2. The van der Waals surface area contributed by atoms with Gasteiger partial charge in [0.1, 0.15) is 11.9 Å². The van der Waals surface area contributed by atoms with Crippen LogP contribution >= 0.6 is 11.8 Å². The number of anilines is 1. The quantitative estimate of drug-likeness (QED) is 0.677. The molecular formula is C13H21N3O2S. The molecule has 2 heterocycles. The highest BCUT2D eigenvalue weighted by Gasteiger charge is 2.26. The van der Waals surface area contributed by atoms with Crippen molar-refractivity contribution in [2.24, 2.45) is 0 Å². The van der Waals surface area contributed by atoms with Gasteiger partial charge in [-0.2, -0.15) is 4.98 Å². The summed E-state index contributed by atoms with van der Waals surface area (Å²) in [7, 11) is 1.84. The van der Waals surface area contributed by atoms with Gasteiger partial charge in [-0.3, -0.25) is 0 Å². The molecule has 0 radical (unpaired) electrons. The monoisotopic (exact) mass is 283 g/mol. The molecule has 0 aromatic carbocycles. The Morgan fingerprint density at radius 3 is 2.58 bits per heavy atom. The van der Waals surface area contributed by atoms with Gasteiger partial charge in [0.2, 0.25) is 5.88 Å². The molecule has 1 fully saturated rings. The molecule has 0 amide bonds. The Labute approximate surface area is 118 Å². The first-order valence-corrected chi connectivity index (χ1v) is 7.76. The highest BCUT2D eigenvalue weighted by Crippen LogP contribution is 2.25. The SMILES string of the molecule is CNc1cc(OC2CC(C)OC(C)C2)nc(SC)n1. The fourth-order valence-electron chi connectivity index (χ4n) is 2.29. The lowest BCUT2D eigenvalue weighted by molar-refractivity contribution is -0.0730. The maximum atomic E-state index is 6.00. The lowest BCUT2D eigenvalue weighted by Gasteiger charge is -2.31. The van der Waals surface area contributed by atoms with Gasteiger partial charge >= 0.3 is 0 Å². The molecule has 1 saturated heterocycles. The van der Waals surface area contributed by atoms with Crippen LogP contribution in [-0.2, 0) is 4.74 Å². The van der Waals surface area contributed by atoms with Crippen LogP contribution in [0.3, 0.4) is 0 Å². The topological polar surface area (TPSA) is 56.3 Å². The Hall–Kier alpha value is -1.01. The molecule has 1 aromatic heterocycles. The lowest BCUT2D eigenvalue weighted by atomic mass is 10.0. The van der Waals surface area contributed by atoms with E-state index in [4.69, 9.17) is 9.47 Å². The van der Waals surface area contributed by atoms with Crippen molar-refractivity contribution in [3.05, 3.63) is 6.07 Å². The molecule has 2 rings (SSSR count). The molecule has 5 nitrogen and oxygen atoms in total. The number of aromatic nitrogens is 2. The van der Waals surface area contributed by atoms with Crippen LogP contribution in [-0.4, -0.2) is 41.6 Å². The molecule has 6 heteroatoms. The van der Waals surface area contributed by atoms with E-state index in [1.54, 1.807) is 0 Å².